The highest BCUT2D eigenvalue weighted by atomic mass is 16.5. The number of pyridine rings is 1. The van der Waals surface area contributed by atoms with E-state index in [1.54, 1.807) is 27.3 Å². The highest BCUT2D eigenvalue weighted by Crippen LogP contribution is 2.39. The Morgan fingerprint density at radius 1 is 0.385 bits per heavy atom. The standard InChI is InChI=1S/C72H47N5O/c1-3-21-49(22-4-1)55-34-20-35-56(50-23-5-2-6-24-50)72(55)75-48-74(68-39-17-18-40-69(68)75)51-25-19-26-53(45-51)78-54-41-42-64-63-33-13-16-38-67(63)77(70(64)47-54)71-46-52(43-44-73-71)76-65-36-14-11-31-61(65)59-29-9-7-27-57(59)58-28-8-10-30-60(58)62-32-12-15-37-66(62)76/h1-47H/i1D,2D,3D,4D,5D,6D,21D,22D,23D,24D. The smallest absolute Gasteiger partial charge is 0.269 e. The molecule has 4 aromatic heterocycles. The van der Waals surface area contributed by atoms with Gasteiger partial charge in [-0.1, -0.05) is 212 Å². The Hall–Kier alpha value is -10.6. The molecule has 0 fully saturated rings. The average Bonchev–Trinajstić information content (AvgIpc) is 3.81. The first-order chi connectivity index (χ1) is 42.9. The highest BCUT2D eigenvalue weighted by molar-refractivity contribution is 6.19. The van der Waals surface area contributed by atoms with Crippen molar-refractivity contribution in [2.24, 2.45) is 0 Å². The van der Waals surface area contributed by atoms with E-state index >= 15 is 0 Å². The number of fused-ring (bicyclic) bond motifs is 11. The maximum Gasteiger partial charge on any atom is 0.269 e. The van der Waals surface area contributed by atoms with Crippen molar-refractivity contribution in [3.8, 4) is 56.6 Å². The first kappa shape index (κ1) is 35.6. The lowest BCUT2D eigenvalue weighted by Crippen LogP contribution is -2.31. The molecular formula is C72H47N5O. The Morgan fingerprint density at radius 3 is 1.49 bits per heavy atom. The fourth-order valence-electron chi connectivity index (χ4n) is 11.2. The van der Waals surface area contributed by atoms with Crippen LogP contribution in [-0.4, -0.2) is 18.7 Å². The number of hydrogen-bond donors (Lipinski definition) is 0. The molecule has 6 nitrogen and oxygen atoms in total. The van der Waals surface area contributed by atoms with E-state index in [1.165, 1.54) is 0 Å². The van der Waals surface area contributed by atoms with Gasteiger partial charge >= 0.3 is 0 Å². The largest absolute Gasteiger partial charge is 0.458 e. The molecule has 0 radical (unpaired) electrons. The second-order valence-electron chi connectivity index (χ2n) is 18.9. The lowest BCUT2D eigenvalue weighted by atomic mass is 9.95. The summed E-state index contributed by atoms with van der Waals surface area (Å²) in [5.74, 6) is 1.74. The number of ether oxygens (including phenoxy) is 1. The summed E-state index contributed by atoms with van der Waals surface area (Å²) in [6.45, 7) is 0. The number of imidazole rings is 1. The number of aromatic nitrogens is 5. The summed E-state index contributed by atoms with van der Waals surface area (Å²) in [5.41, 5.74) is 6.77. The molecule has 0 bridgehead atoms. The van der Waals surface area contributed by atoms with Gasteiger partial charge in [-0.25, -0.2) is 4.98 Å². The molecule has 0 saturated carbocycles. The van der Waals surface area contributed by atoms with Crippen LogP contribution in [0.1, 0.15) is 13.7 Å². The maximum atomic E-state index is 9.11. The molecule has 0 aliphatic carbocycles. The van der Waals surface area contributed by atoms with Gasteiger partial charge in [0.2, 0.25) is 0 Å². The molecule has 0 saturated heterocycles. The predicted octanol–water partition coefficient (Wildman–Crippen LogP) is 17.9. The van der Waals surface area contributed by atoms with Crippen LogP contribution in [0.15, 0.2) is 285 Å². The van der Waals surface area contributed by atoms with Crippen LogP contribution in [0.5, 0.6) is 11.5 Å². The van der Waals surface area contributed by atoms with E-state index in [4.69, 9.17) is 23.4 Å². The fourth-order valence-corrected chi connectivity index (χ4v) is 11.2. The number of hydrogen-bond acceptors (Lipinski definition) is 2. The van der Waals surface area contributed by atoms with Crippen LogP contribution in [-0.2, 0) is 0 Å². The van der Waals surface area contributed by atoms with Gasteiger partial charge in [-0.2, -0.15) is 0 Å². The van der Waals surface area contributed by atoms with Crippen molar-refractivity contribution >= 4 is 76.2 Å². The summed E-state index contributed by atoms with van der Waals surface area (Å²) < 4.78 is 103. The van der Waals surface area contributed by atoms with Crippen LogP contribution in [0, 0.1) is 6.33 Å². The van der Waals surface area contributed by atoms with Crippen molar-refractivity contribution in [3.05, 3.63) is 291 Å². The summed E-state index contributed by atoms with van der Waals surface area (Å²) in [6, 6.07) is 67.3. The molecule has 0 N–H and O–H groups in total. The van der Waals surface area contributed by atoms with E-state index in [-0.39, 0.29) is 27.9 Å². The summed E-state index contributed by atoms with van der Waals surface area (Å²) in [6.07, 6.45) is 5.34. The van der Waals surface area contributed by atoms with Gasteiger partial charge in [0.25, 0.3) is 6.33 Å². The molecular weight excluding hydrogens is 951 g/mol. The second-order valence-corrected chi connectivity index (χ2v) is 18.9. The van der Waals surface area contributed by atoms with Gasteiger partial charge in [-0.15, -0.1) is 0 Å². The van der Waals surface area contributed by atoms with Crippen LogP contribution in [0.25, 0.3) is 121 Å². The molecule has 0 spiro atoms. The lowest BCUT2D eigenvalue weighted by molar-refractivity contribution is -0.571. The molecule has 0 amide bonds. The molecule has 0 aliphatic heterocycles. The molecule has 11 aromatic carbocycles. The third-order valence-electron chi connectivity index (χ3n) is 14.5. The van der Waals surface area contributed by atoms with Gasteiger partial charge in [0.1, 0.15) is 17.3 Å². The summed E-state index contributed by atoms with van der Waals surface area (Å²) in [7, 11) is 0. The van der Waals surface area contributed by atoms with E-state index in [1.807, 2.05) is 79.0 Å². The summed E-state index contributed by atoms with van der Waals surface area (Å²) >= 11 is 0. The minimum Gasteiger partial charge on any atom is -0.458 e. The lowest BCUT2D eigenvalue weighted by Gasteiger charge is -2.17. The molecule has 366 valence electrons. The van der Waals surface area contributed by atoms with E-state index in [9.17, 15) is 0 Å². The summed E-state index contributed by atoms with van der Waals surface area (Å²) in [5, 5.41) is 8.77. The van der Waals surface area contributed by atoms with Gasteiger partial charge in [-0.3, -0.25) is 13.7 Å². The Kier molecular flexibility index (Phi) is 8.52. The van der Waals surface area contributed by atoms with Gasteiger partial charge < -0.3 is 9.30 Å². The van der Waals surface area contributed by atoms with Crippen LogP contribution < -0.4 is 9.30 Å². The fraction of sp³-hybridized carbons (Fsp3) is 0. The molecule has 0 atom stereocenters. The third-order valence-corrected chi connectivity index (χ3v) is 14.5. The topological polar surface area (TPSA) is 40.8 Å². The molecule has 78 heavy (non-hydrogen) atoms. The summed E-state index contributed by atoms with van der Waals surface area (Å²) in [4.78, 5) is 5.11. The van der Waals surface area contributed by atoms with Crippen LogP contribution in [0.4, 0.5) is 0 Å². The van der Waals surface area contributed by atoms with Gasteiger partial charge in [0, 0.05) is 39.9 Å². The van der Waals surface area contributed by atoms with E-state index in [2.05, 4.69) is 143 Å². The zero-order valence-corrected chi connectivity index (χ0v) is 41.5. The zero-order chi connectivity index (χ0) is 60.2. The van der Waals surface area contributed by atoms with Crippen LogP contribution in [0.3, 0.4) is 0 Å². The minimum absolute atomic E-state index is 0.138. The molecule has 15 rings (SSSR count). The van der Waals surface area contributed by atoms with Gasteiger partial charge in [0.15, 0.2) is 0 Å². The average molecular weight is 1010 g/mol. The molecule has 6 heteroatoms. The zero-order valence-electron chi connectivity index (χ0n) is 51.5. The predicted molar refractivity (Wildman–Crippen MR) is 320 cm³/mol. The van der Waals surface area contributed by atoms with Crippen molar-refractivity contribution < 1.29 is 23.0 Å². The van der Waals surface area contributed by atoms with Crippen molar-refractivity contribution in [1.82, 2.24) is 18.7 Å². The van der Waals surface area contributed by atoms with E-state index < -0.39 is 60.4 Å². The third kappa shape index (κ3) is 7.49. The SMILES string of the molecule is [2H]c1c([2H])c([2H])c(-c2cccc(-c3c([2H])c([2H])c([2H])c([2H])c3[2H])c2-[n+]2[c-]n(-c3cccc(Oc4ccc5c6ccccc6n(-c6cc(-n7c8ccccc8c8ccccc8c8ccccc8c8ccccc87)ccn6)c5c4)c3)c3ccccc32)c([2H])c1[2H]. The molecule has 0 unspecified atom stereocenters. The van der Waals surface area contributed by atoms with Crippen molar-refractivity contribution in [2.45, 2.75) is 0 Å². The Bertz CT molecular complexity index is 5290. The first-order valence-electron chi connectivity index (χ1n) is 30.5. The van der Waals surface area contributed by atoms with Crippen molar-refractivity contribution in [3.63, 3.8) is 0 Å². The quantitative estimate of drug-likeness (QED) is 0.112. The Morgan fingerprint density at radius 2 is 0.872 bits per heavy atom. The molecule has 15 aromatic rings. The maximum absolute atomic E-state index is 9.11. The second kappa shape index (κ2) is 18.7. The normalized spacial score (nSPS) is 13.4. The first-order valence-corrected chi connectivity index (χ1v) is 25.5. The van der Waals surface area contributed by atoms with Crippen LogP contribution >= 0.6 is 0 Å². The number of nitrogens with zero attached hydrogens (tertiary/aromatic N) is 5. The van der Waals surface area contributed by atoms with Crippen molar-refractivity contribution in [1.29, 1.82) is 0 Å². The van der Waals surface area contributed by atoms with Crippen LogP contribution in [0.2, 0.25) is 0 Å². The number of rotatable bonds is 8. The molecule has 0 aliphatic rings. The van der Waals surface area contributed by atoms with Gasteiger partial charge in [0.05, 0.1) is 63.9 Å². The highest BCUT2D eigenvalue weighted by Gasteiger charge is 2.21. The van der Waals surface area contributed by atoms with Gasteiger partial charge in [-0.05, 0) is 98.4 Å². The number of para-hydroxylation sites is 6. The van der Waals surface area contributed by atoms with E-state index in [0.29, 0.717) is 34.0 Å². The Labute approximate surface area is 464 Å². The Balaban J connectivity index is 0.880. The monoisotopic (exact) mass is 1010 g/mol. The number of benzene rings is 11. The van der Waals surface area contributed by atoms with Crippen molar-refractivity contribution in [2.75, 3.05) is 0 Å². The minimum atomic E-state index is -0.573. The molecule has 4 heterocycles. The van der Waals surface area contributed by atoms with E-state index in [0.717, 1.165) is 70.8 Å².